The molecule has 0 bridgehead atoms. The number of anilines is 2. The van der Waals surface area contributed by atoms with Crippen LogP contribution in [0.25, 0.3) is 11.2 Å². The van der Waals surface area contributed by atoms with Gasteiger partial charge in [0.2, 0.25) is 5.95 Å². The van der Waals surface area contributed by atoms with Crippen LogP contribution in [0.5, 0.6) is 0 Å². The number of pyridine rings is 1. The number of carbonyl (C=O) groups is 2. The largest absolute Gasteiger partial charge is 0.450 e. The fourth-order valence-corrected chi connectivity index (χ4v) is 5.14. The van der Waals surface area contributed by atoms with Crippen molar-refractivity contribution in [1.82, 2.24) is 29.7 Å². The van der Waals surface area contributed by atoms with Crippen LogP contribution in [0.3, 0.4) is 0 Å². The van der Waals surface area contributed by atoms with Crippen LogP contribution >= 0.6 is 0 Å². The van der Waals surface area contributed by atoms with Crippen LogP contribution in [0.15, 0.2) is 48.7 Å². The van der Waals surface area contributed by atoms with Gasteiger partial charge in [-0.3, -0.25) is 4.79 Å². The maximum absolute atomic E-state index is 12.6. The van der Waals surface area contributed by atoms with E-state index in [0.29, 0.717) is 43.8 Å². The first-order chi connectivity index (χ1) is 18.5. The van der Waals surface area contributed by atoms with E-state index >= 15 is 0 Å². The van der Waals surface area contributed by atoms with Crippen molar-refractivity contribution in [2.45, 2.75) is 38.6 Å². The summed E-state index contributed by atoms with van der Waals surface area (Å²) < 4.78 is 6.86. The number of benzene rings is 1. The van der Waals surface area contributed by atoms with E-state index in [2.05, 4.69) is 27.7 Å². The molecule has 1 aromatic carbocycles. The number of fused-ring (bicyclic) bond motifs is 1. The number of hydrogen-bond donors (Lipinski definition) is 2. The predicted molar refractivity (Wildman–Crippen MR) is 147 cm³/mol. The van der Waals surface area contributed by atoms with E-state index in [9.17, 15) is 9.59 Å². The molecule has 0 aliphatic carbocycles. The van der Waals surface area contributed by atoms with Crippen molar-refractivity contribution < 1.29 is 14.3 Å². The summed E-state index contributed by atoms with van der Waals surface area (Å²) in [7, 11) is 2.15. The van der Waals surface area contributed by atoms with Gasteiger partial charge in [-0.1, -0.05) is 6.08 Å². The summed E-state index contributed by atoms with van der Waals surface area (Å²) in [4.78, 5) is 33.4. The molecule has 2 aliphatic rings. The Morgan fingerprint density at radius 2 is 2.00 bits per heavy atom. The second kappa shape index (κ2) is 11.6. The number of nitrogens with one attached hydrogen (secondary N) is 2. The molecule has 0 saturated carbocycles. The van der Waals surface area contributed by atoms with Crippen LogP contribution in [0.4, 0.5) is 16.4 Å². The van der Waals surface area contributed by atoms with Crippen molar-refractivity contribution in [3.63, 3.8) is 0 Å². The lowest BCUT2D eigenvalue weighted by atomic mass is 10.0. The van der Waals surface area contributed by atoms with Gasteiger partial charge in [0.15, 0.2) is 5.65 Å². The molecule has 1 unspecified atom stereocenters. The number of nitrogens with zero attached hydrogens (tertiary/aromatic N) is 5. The van der Waals surface area contributed by atoms with E-state index in [0.717, 1.165) is 41.9 Å². The first kappa shape index (κ1) is 25.7. The molecule has 1 saturated heterocycles. The van der Waals surface area contributed by atoms with Crippen LogP contribution in [0.1, 0.15) is 48.5 Å². The number of carbonyl (C=O) groups excluding carboxylic acids is 2. The highest BCUT2D eigenvalue weighted by Crippen LogP contribution is 2.27. The topological polar surface area (TPSA) is 104 Å². The summed E-state index contributed by atoms with van der Waals surface area (Å²) in [5.74, 6) is 0.412. The standard InChI is InChI=1S/C28H35N7O3/c1-3-38-28(37)34-18-13-20(14-19-34)24-7-5-17-35-25(24)31-27(32-35)30-22-10-8-21(9-11-22)26(36)29-15-12-23-6-4-16-33(23)2/h5,7-11,13,17,23H,3-4,6,12,14-16,18-19H2,1-2H3,(H,29,36)(H,30,32). The highest BCUT2D eigenvalue weighted by molar-refractivity contribution is 5.94. The molecule has 0 spiro atoms. The molecule has 2 aliphatic heterocycles. The Bertz CT molecular complexity index is 1320. The number of ether oxygens (including phenoxy) is 1. The van der Waals surface area contributed by atoms with Crippen LogP contribution in [0.2, 0.25) is 0 Å². The average Bonchev–Trinajstić information content (AvgIpc) is 3.54. The molecule has 1 fully saturated rings. The number of likely N-dealkylation sites (tertiary alicyclic amines) is 1. The third-order valence-corrected chi connectivity index (χ3v) is 7.28. The Balaban J connectivity index is 1.21. The molecule has 38 heavy (non-hydrogen) atoms. The Kier molecular flexibility index (Phi) is 7.88. The number of rotatable bonds is 8. The number of aromatic nitrogens is 3. The summed E-state index contributed by atoms with van der Waals surface area (Å²) in [5.41, 5.74) is 4.29. The Labute approximate surface area is 222 Å². The smallest absolute Gasteiger partial charge is 0.410 e. The highest BCUT2D eigenvalue weighted by Gasteiger charge is 2.22. The Hall–Kier alpha value is -3.92. The first-order valence-corrected chi connectivity index (χ1v) is 13.3. The molecule has 0 radical (unpaired) electrons. The minimum absolute atomic E-state index is 0.0602. The SMILES string of the molecule is CCOC(=O)N1CC=C(c2cccn3nc(Nc4ccc(C(=O)NCCC5CCCN5C)cc4)nc23)CC1. The van der Waals surface area contributed by atoms with E-state index < -0.39 is 0 Å². The van der Waals surface area contributed by atoms with Crippen molar-refractivity contribution in [3.05, 3.63) is 59.8 Å². The molecular weight excluding hydrogens is 482 g/mol. The lowest BCUT2D eigenvalue weighted by Gasteiger charge is -2.25. The van der Waals surface area contributed by atoms with Crippen molar-refractivity contribution in [2.24, 2.45) is 0 Å². The Morgan fingerprint density at radius 3 is 2.71 bits per heavy atom. The molecule has 200 valence electrons. The molecule has 4 heterocycles. The van der Waals surface area contributed by atoms with E-state index in [1.807, 2.05) is 55.6 Å². The predicted octanol–water partition coefficient (Wildman–Crippen LogP) is 3.93. The van der Waals surface area contributed by atoms with Gasteiger partial charge in [-0.15, -0.1) is 5.10 Å². The normalized spacial score (nSPS) is 17.9. The molecule has 3 aromatic rings. The van der Waals surface area contributed by atoms with E-state index in [1.165, 1.54) is 12.8 Å². The van der Waals surface area contributed by atoms with E-state index in [-0.39, 0.29) is 12.0 Å². The Morgan fingerprint density at radius 1 is 1.16 bits per heavy atom. The quantitative estimate of drug-likeness (QED) is 0.467. The molecule has 10 heteroatoms. The van der Waals surface area contributed by atoms with Crippen LogP contribution in [0, 0.1) is 0 Å². The summed E-state index contributed by atoms with van der Waals surface area (Å²) in [6.07, 6.45) is 7.76. The van der Waals surface area contributed by atoms with Gasteiger partial charge in [0.25, 0.3) is 5.91 Å². The van der Waals surface area contributed by atoms with Crippen LogP contribution < -0.4 is 10.6 Å². The van der Waals surface area contributed by atoms with Gasteiger partial charge in [-0.05, 0) is 88.2 Å². The molecule has 5 rings (SSSR count). The molecule has 2 amide bonds. The zero-order chi connectivity index (χ0) is 26.5. The van der Waals surface area contributed by atoms with Gasteiger partial charge in [0, 0.05) is 48.7 Å². The highest BCUT2D eigenvalue weighted by atomic mass is 16.6. The van der Waals surface area contributed by atoms with Gasteiger partial charge < -0.3 is 25.2 Å². The lowest BCUT2D eigenvalue weighted by molar-refractivity contribution is 0.0950. The fourth-order valence-electron chi connectivity index (χ4n) is 5.14. The van der Waals surface area contributed by atoms with Crippen molar-refractivity contribution in [2.75, 3.05) is 45.2 Å². The van der Waals surface area contributed by atoms with Crippen LogP contribution in [-0.4, -0.2) is 82.3 Å². The van der Waals surface area contributed by atoms with Crippen molar-refractivity contribution >= 4 is 34.9 Å². The molecule has 10 nitrogen and oxygen atoms in total. The maximum Gasteiger partial charge on any atom is 0.410 e. The van der Waals surface area contributed by atoms with Crippen molar-refractivity contribution in [1.29, 1.82) is 0 Å². The minimum Gasteiger partial charge on any atom is -0.450 e. The third-order valence-electron chi connectivity index (χ3n) is 7.28. The number of amides is 2. The zero-order valence-electron chi connectivity index (χ0n) is 22.0. The fraction of sp³-hybridized carbons (Fsp3) is 0.429. The zero-order valence-corrected chi connectivity index (χ0v) is 22.0. The van der Waals surface area contributed by atoms with Crippen LogP contribution in [-0.2, 0) is 4.74 Å². The van der Waals surface area contributed by atoms with E-state index in [4.69, 9.17) is 9.72 Å². The average molecular weight is 518 g/mol. The molecular formula is C28H35N7O3. The summed E-state index contributed by atoms with van der Waals surface area (Å²) in [6, 6.07) is 11.9. The molecule has 2 N–H and O–H groups in total. The number of hydrogen-bond acceptors (Lipinski definition) is 7. The summed E-state index contributed by atoms with van der Waals surface area (Å²) in [5, 5.41) is 10.9. The molecule has 2 aromatic heterocycles. The summed E-state index contributed by atoms with van der Waals surface area (Å²) in [6.45, 7) is 5.11. The van der Waals surface area contributed by atoms with Crippen molar-refractivity contribution in [3.8, 4) is 0 Å². The van der Waals surface area contributed by atoms with Gasteiger partial charge in [0.05, 0.1) is 6.61 Å². The molecule has 1 atom stereocenters. The van der Waals surface area contributed by atoms with Gasteiger partial charge >= 0.3 is 6.09 Å². The van der Waals surface area contributed by atoms with Gasteiger partial charge in [-0.25, -0.2) is 9.31 Å². The first-order valence-electron chi connectivity index (χ1n) is 13.3. The van der Waals surface area contributed by atoms with Gasteiger partial charge in [0.1, 0.15) is 0 Å². The van der Waals surface area contributed by atoms with E-state index in [1.54, 1.807) is 9.42 Å². The second-order valence-electron chi connectivity index (χ2n) is 9.77. The summed E-state index contributed by atoms with van der Waals surface area (Å²) >= 11 is 0. The second-order valence-corrected chi connectivity index (χ2v) is 9.77. The third kappa shape index (κ3) is 5.80. The monoisotopic (exact) mass is 517 g/mol. The maximum atomic E-state index is 12.6. The lowest BCUT2D eigenvalue weighted by Crippen LogP contribution is -2.35. The minimum atomic E-state index is -0.282. The van der Waals surface area contributed by atoms with Gasteiger partial charge in [-0.2, -0.15) is 4.98 Å².